The van der Waals surface area contributed by atoms with Crippen LogP contribution >= 0.6 is 11.6 Å². The number of carbonyl (C=O) groups is 2. The van der Waals surface area contributed by atoms with E-state index in [1.165, 1.54) is 0 Å². The van der Waals surface area contributed by atoms with E-state index in [0.717, 1.165) is 6.42 Å². The van der Waals surface area contributed by atoms with Crippen LogP contribution in [0.3, 0.4) is 0 Å². The SMILES string of the molecule is CCCC(=O)c1cnc(N2CCN(C(=O)OC(C)(C)C)CC2)c(Cl)c1. The number of halogens is 1. The summed E-state index contributed by atoms with van der Waals surface area (Å²) in [5.41, 5.74) is 0.0444. The number of rotatable bonds is 4. The second-order valence-corrected chi connectivity index (χ2v) is 7.56. The summed E-state index contributed by atoms with van der Waals surface area (Å²) in [7, 11) is 0. The number of carbonyl (C=O) groups excluding carboxylic acids is 2. The lowest BCUT2D eigenvalue weighted by Crippen LogP contribution is -2.50. The number of hydrogen-bond donors (Lipinski definition) is 0. The van der Waals surface area contributed by atoms with E-state index in [1.54, 1.807) is 17.2 Å². The third-order valence-corrected chi connectivity index (χ3v) is 4.13. The van der Waals surface area contributed by atoms with Crippen LogP contribution in [0.5, 0.6) is 0 Å². The Balaban J connectivity index is 1.99. The monoisotopic (exact) mass is 367 g/mol. The molecule has 0 N–H and O–H groups in total. The van der Waals surface area contributed by atoms with E-state index in [4.69, 9.17) is 16.3 Å². The number of nitrogens with zero attached hydrogens (tertiary/aromatic N) is 3. The van der Waals surface area contributed by atoms with Crippen LogP contribution in [-0.4, -0.2) is 53.5 Å². The molecular formula is C18H26ClN3O3. The quantitative estimate of drug-likeness (QED) is 0.758. The zero-order chi connectivity index (χ0) is 18.6. The number of ketones is 1. The van der Waals surface area contributed by atoms with Crippen LogP contribution in [0.2, 0.25) is 5.02 Å². The summed E-state index contributed by atoms with van der Waals surface area (Å²) in [6.07, 6.45) is 2.57. The largest absolute Gasteiger partial charge is 0.444 e. The van der Waals surface area contributed by atoms with Gasteiger partial charge in [0.15, 0.2) is 5.78 Å². The average Bonchev–Trinajstić information content (AvgIpc) is 2.53. The van der Waals surface area contributed by atoms with E-state index in [2.05, 4.69) is 4.98 Å². The van der Waals surface area contributed by atoms with E-state index in [9.17, 15) is 9.59 Å². The maximum absolute atomic E-state index is 12.1. The van der Waals surface area contributed by atoms with Gasteiger partial charge in [0.2, 0.25) is 0 Å². The Kier molecular flexibility index (Phi) is 6.27. The molecular weight excluding hydrogens is 342 g/mol. The van der Waals surface area contributed by atoms with Crippen LogP contribution in [0.4, 0.5) is 10.6 Å². The number of piperazine rings is 1. The Morgan fingerprint density at radius 3 is 2.40 bits per heavy atom. The van der Waals surface area contributed by atoms with Crippen molar-refractivity contribution in [3.8, 4) is 0 Å². The lowest BCUT2D eigenvalue weighted by atomic mass is 10.1. The topological polar surface area (TPSA) is 62.7 Å². The lowest BCUT2D eigenvalue weighted by Gasteiger charge is -2.36. The molecule has 1 aliphatic rings. The molecule has 0 aromatic carbocycles. The molecule has 2 rings (SSSR count). The Bertz CT molecular complexity index is 635. The third-order valence-electron chi connectivity index (χ3n) is 3.85. The van der Waals surface area contributed by atoms with Crippen molar-refractivity contribution in [1.29, 1.82) is 0 Å². The minimum absolute atomic E-state index is 0.0539. The first-order chi connectivity index (χ1) is 11.7. The van der Waals surface area contributed by atoms with Gasteiger partial charge >= 0.3 is 6.09 Å². The Labute approximate surface area is 154 Å². The fourth-order valence-corrected chi connectivity index (χ4v) is 2.90. The van der Waals surface area contributed by atoms with E-state index in [-0.39, 0.29) is 11.9 Å². The summed E-state index contributed by atoms with van der Waals surface area (Å²) in [6, 6.07) is 1.68. The van der Waals surface area contributed by atoms with Crippen molar-refractivity contribution >= 4 is 29.3 Å². The van der Waals surface area contributed by atoms with Crippen molar-refractivity contribution in [3.05, 3.63) is 22.8 Å². The zero-order valence-electron chi connectivity index (χ0n) is 15.3. The summed E-state index contributed by atoms with van der Waals surface area (Å²) < 4.78 is 5.40. The number of amides is 1. The van der Waals surface area contributed by atoms with Crippen LogP contribution in [0.25, 0.3) is 0 Å². The molecule has 1 amide bonds. The van der Waals surface area contributed by atoms with Crippen molar-refractivity contribution in [3.63, 3.8) is 0 Å². The molecule has 0 atom stereocenters. The van der Waals surface area contributed by atoms with E-state index < -0.39 is 5.60 Å². The van der Waals surface area contributed by atoms with E-state index in [1.807, 2.05) is 32.6 Å². The van der Waals surface area contributed by atoms with Crippen molar-refractivity contribution in [2.45, 2.75) is 46.1 Å². The second kappa shape index (κ2) is 8.04. The Hall–Kier alpha value is -1.82. The molecule has 1 fully saturated rings. The highest BCUT2D eigenvalue weighted by atomic mass is 35.5. The molecule has 1 aromatic rings. The van der Waals surface area contributed by atoms with Gasteiger partial charge in [-0.2, -0.15) is 0 Å². The highest BCUT2D eigenvalue weighted by Crippen LogP contribution is 2.26. The first-order valence-corrected chi connectivity index (χ1v) is 9.00. The molecule has 0 saturated carbocycles. The molecule has 0 radical (unpaired) electrons. The maximum Gasteiger partial charge on any atom is 0.410 e. The summed E-state index contributed by atoms with van der Waals surface area (Å²) in [4.78, 5) is 32.1. The molecule has 138 valence electrons. The minimum atomic E-state index is -0.500. The Morgan fingerprint density at radius 2 is 1.88 bits per heavy atom. The van der Waals surface area contributed by atoms with Crippen molar-refractivity contribution in [1.82, 2.24) is 9.88 Å². The van der Waals surface area contributed by atoms with Gasteiger partial charge in [-0.15, -0.1) is 0 Å². The molecule has 25 heavy (non-hydrogen) atoms. The highest BCUT2D eigenvalue weighted by Gasteiger charge is 2.27. The average molecular weight is 368 g/mol. The van der Waals surface area contributed by atoms with Crippen LogP contribution in [0, 0.1) is 0 Å². The van der Waals surface area contributed by atoms with E-state index in [0.29, 0.717) is 49.0 Å². The van der Waals surface area contributed by atoms with Crippen LogP contribution in [-0.2, 0) is 4.74 Å². The van der Waals surface area contributed by atoms with Crippen LogP contribution in [0.15, 0.2) is 12.3 Å². The van der Waals surface area contributed by atoms with Gasteiger partial charge in [-0.3, -0.25) is 4.79 Å². The van der Waals surface area contributed by atoms with Gasteiger partial charge in [0.05, 0.1) is 5.02 Å². The Morgan fingerprint density at radius 1 is 1.24 bits per heavy atom. The number of anilines is 1. The molecule has 0 spiro atoms. The summed E-state index contributed by atoms with van der Waals surface area (Å²) >= 11 is 6.33. The first-order valence-electron chi connectivity index (χ1n) is 8.63. The smallest absolute Gasteiger partial charge is 0.410 e. The fourth-order valence-electron chi connectivity index (χ4n) is 2.61. The van der Waals surface area contributed by atoms with Crippen LogP contribution in [0.1, 0.15) is 50.9 Å². The molecule has 2 heterocycles. The molecule has 1 aliphatic heterocycles. The standard InChI is InChI=1S/C18H26ClN3O3/c1-5-6-15(23)13-11-14(19)16(20-12-13)21-7-9-22(10-8-21)17(24)25-18(2,3)4/h11-12H,5-10H2,1-4H3. The van der Waals surface area contributed by atoms with Crippen molar-refractivity contribution in [2.75, 3.05) is 31.1 Å². The number of pyridine rings is 1. The van der Waals surface area contributed by atoms with Gasteiger partial charge in [0.25, 0.3) is 0 Å². The number of Topliss-reactive ketones (excluding diaryl/α,β-unsaturated/α-hetero) is 1. The highest BCUT2D eigenvalue weighted by molar-refractivity contribution is 6.33. The van der Waals surface area contributed by atoms with Gasteiger partial charge in [-0.1, -0.05) is 18.5 Å². The molecule has 6 nitrogen and oxygen atoms in total. The van der Waals surface area contributed by atoms with Gasteiger partial charge < -0.3 is 14.5 Å². The number of hydrogen-bond acceptors (Lipinski definition) is 5. The maximum atomic E-state index is 12.1. The zero-order valence-corrected chi connectivity index (χ0v) is 16.1. The number of aromatic nitrogens is 1. The molecule has 0 unspecified atom stereocenters. The predicted octanol–water partition coefficient (Wildman–Crippen LogP) is 3.77. The van der Waals surface area contributed by atoms with Gasteiger partial charge in [-0.05, 0) is 33.3 Å². The van der Waals surface area contributed by atoms with Crippen LogP contribution < -0.4 is 4.90 Å². The molecule has 7 heteroatoms. The summed E-state index contributed by atoms with van der Waals surface area (Å²) in [5, 5.41) is 0.465. The summed E-state index contributed by atoms with van der Waals surface area (Å²) in [5.74, 6) is 0.705. The molecule has 0 aliphatic carbocycles. The normalized spacial score (nSPS) is 15.2. The van der Waals surface area contributed by atoms with Gasteiger partial charge in [-0.25, -0.2) is 9.78 Å². The fraction of sp³-hybridized carbons (Fsp3) is 0.611. The first kappa shape index (κ1) is 19.5. The summed E-state index contributed by atoms with van der Waals surface area (Å²) in [6.45, 7) is 9.85. The van der Waals surface area contributed by atoms with Crippen molar-refractivity contribution in [2.24, 2.45) is 0 Å². The molecule has 0 bridgehead atoms. The third kappa shape index (κ3) is 5.33. The second-order valence-electron chi connectivity index (χ2n) is 7.16. The number of ether oxygens (including phenoxy) is 1. The van der Waals surface area contributed by atoms with Gasteiger partial charge in [0.1, 0.15) is 11.4 Å². The predicted molar refractivity (Wildman–Crippen MR) is 98.5 cm³/mol. The van der Waals surface area contributed by atoms with Gasteiger partial charge in [0, 0.05) is 44.4 Å². The lowest BCUT2D eigenvalue weighted by molar-refractivity contribution is 0.0240. The van der Waals surface area contributed by atoms with Crippen molar-refractivity contribution < 1.29 is 14.3 Å². The van der Waals surface area contributed by atoms with E-state index >= 15 is 0 Å². The molecule has 1 saturated heterocycles. The molecule has 1 aromatic heterocycles. The minimum Gasteiger partial charge on any atom is -0.444 e.